The molecule has 0 saturated carbocycles. The number of carbonyl (C=O) groups is 2. The number of amides is 1. The Hall–Kier alpha value is -2.60. The minimum atomic E-state index is -1.08. The van der Waals surface area contributed by atoms with E-state index in [2.05, 4.69) is 10.6 Å². The monoisotopic (exact) mass is 316 g/mol. The van der Waals surface area contributed by atoms with E-state index in [1.807, 2.05) is 32.0 Å². The Morgan fingerprint density at radius 3 is 2.48 bits per heavy atom. The Morgan fingerprint density at radius 1 is 1.22 bits per heavy atom. The highest BCUT2D eigenvalue weighted by Gasteiger charge is 2.21. The van der Waals surface area contributed by atoms with Crippen LogP contribution in [0.3, 0.4) is 0 Å². The summed E-state index contributed by atoms with van der Waals surface area (Å²) in [4.78, 5) is 23.4. The zero-order chi connectivity index (χ0) is 16.8. The van der Waals surface area contributed by atoms with Crippen LogP contribution in [-0.2, 0) is 16.1 Å². The fraction of sp³-hybridized carbons (Fsp3) is 0.294. The first-order valence-corrected chi connectivity index (χ1v) is 7.31. The van der Waals surface area contributed by atoms with Crippen molar-refractivity contribution in [1.29, 1.82) is 0 Å². The minimum Gasteiger partial charge on any atom is -0.480 e. The smallest absolute Gasteiger partial charge is 0.321 e. The maximum absolute atomic E-state index is 12.1. The van der Waals surface area contributed by atoms with E-state index in [0.29, 0.717) is 11.4 Å². The van der Waals surface area contributed by atoms with E-state index in [4.69, 9.17) is 4.42 Å². The molecule has 1 atom stereocenters. The van der Waals surface area contributed by atoms with Crippen molar-refractivity contribution in [2.45, 2.75) is 32.9 Å². The highest BCUT2D eigenvalue weighted by molar-refractivity contribution is 5.94. The molecule has 1 amide bonds. The number of aliphatic carboxylic acids is 1. The largest absolute Gasteiger partial charge is 0.480 e. The van der Waals surface area contributed by atoms with Crippen LogP contribution in [0.2, 0.25) is 0 Å². The van der Waals surface area contributed by atoms with Crippen molar-refractivity contribution in [3.05, 3.63) is 53.5 Å². The van der Waals surface area contributed by atoms with Crippen molar-refractivity contribution in [3.63, 3.8) is 0 Å². The third-order valence-electron chi connectivity index (χ3n) is 3.30. The standard InChI is InChI=1S/C17H20N2O4/c1-11-6-12(2)8-13(7-11)19-16(20)9-15(17(21)22)18-10-14-4-3-5-23-14/h3-8,15,18H,9-10H2,1-2H3,(H,19,20)(H,21,22). The Morgan fingerprint density at radius 2 is 1.91 bits per heavy atom. The molecule has 0 aliphatic rings. The zero-order valence-electron chi connectivity index (χ0n) is 13.1. The summed E-state index contributed by atoms with van der Waals surface area (Å²) >= 11 is 0. The Labute approximate surface area is 134 Å². The van der Waals surface area contributed by atoms with Crippen molar-refractivity contribution < 1.29 is 19.1 Å². The van der Waals surface area contributed by atoms with E-state index >= 15 is 0 Å². The van der Waals surface area contributed by atoms with Crippen molar-refractivity contribution in [2.24, 2.45) is 0 Å². The van der Waals surface area contributed by atoms with Crippen LogP contribution in [-0.4, -0.2) is 23.0 Å². The molecule has 1 heterocycles. The number of carboxylic acid groups (broad SMARTS) is 1. The number of hydrogen-bond donors (Lipinski definition) is 3. The molecule has 23 heavy (non-hydrogen) atoms. The lowest BCUT2D eigenvalue weighted by Crippen LogP contribution is -2.39. The number of benzene rings is 1. The molecule has 3 N–H and O–H groups in total. The van der Waals surface area contributed by atoms with Crippen molar-refractivity contribution in [3.8, 4) is 0 Å². The number of anilines is 1. The van der Waals surface area contributed by atoms with Gasteiger partial charge in [-0.25, -0.2) is 0 Å². The topological polar surface area (TPSA) is 91.6 Å². The van der Waals surface area contributed by atoms with Crippen LogP contribution in [0.15, 0.2) is 41.0 Å². The number of furan rings is 1. The molecule has 2 aromatic rings. The molecule has 0 radical (unpaired) electrons. The molecule has 0 saturated heterocycles. The molecule has 1 unspecified atom stereocenters. The van der Waals surface area contributed by atoms with Gasteiger partial charge in [0.05, 0.1) is 19.2 Å². The van der Waals surface area contributed by atoms with Gasteiger partial charge in [0.1, 0.15) is 11.8 Å². The fourth-order valence-electron chi connectivity index (χ4n) is 2.33. The van der Waals surface area contributed by atoms with Gasteiger partial charge < -0.3 is 14.8 Å². The van der Waals surface area contributed by atoms with Gasteiger partial charge in [-0.15, -0.1) is 0 Å². The van der Waals surface area contributed by atoms with Crippen molar-refractivity contribution >= 4 is 17.6 Å². The Bertz CT molecular complexity index is 660. The van der Waals surface area contributed by atoms with Crippen LogP contribution in [0.4, 0.5) is 5.69 Å². The van der Waals surface area contributed by atoms with E-state index in [9.17, 15) is 14.7 Å². The van der Waals surface area contributed by atoms with E-state index < -0.39 is 12.0 Å². The maximum atomic E-state index is 12.1. The molecule has 0 spiro atoms. The van der Waals surface area contributed by atoms with Gasteiger partial charge in [-0.1, -0.05) is 6.07 Å². The van der Waals surface area contributed by atoms with Crippen LogP contribution in [0.25, 0.3) is 0 Å². The number of rotatable bonds is 7. The Kier molecular flexibility index (Phi) is 5.54. The lowest BCUT2D eigenvalue weighted by atomic mass is 10.1. The number of carbonyl (C=O) groups excluding carboxylic acids is 1. The number of carboxylic acids is 1. The lowest BCUT2D eigenvalue weighted by molar-refractivity contribution is -0.141. The third-order valence-corrected chi connectivity index (χ3v) is 3.30. The summed E-state index contributed by atoms with van der Waals surface area (Å²) in [6.45, 7) is 4.13. The summed E-state index contributed by atoms with van der Waals surface area (Å²) in [5, 5.41) is 14.8. The van der Waals surface area contributed by atoms with Gasteiger partial charge in [-0.3, -0.25) is 14.9 Å². The summed E-state index contributed by atoms with van der Waals surface area (Å²) in [6.07, 6.45) is 1.35. The molecular formula is C17H20N2O4. The number of nitrogens with one attached hydrogen (secondary N) is 2. The molecule has 0 bridgehead atoms. The first-order chi connectivity index (χ1) is 10.9. The summed E-state index contributed by atoms with van der Waals surface area (Å²) in [5.74, 6) is -0.813. The second-order valence-corrected chi connectivity index (χ2v) is 5.48. The molecule has 1 aromatic heterocycles. The van der Waals surface area contributed by atoms with Crippen molar-refractivity contribution in [1.82, 2.24) is 5.32 Å². The predicted molar refractivity (Wildman–Crippen MR) is 86.1 cm³/mol. The lowest BCUT2D eigenvalue weighted by Gasteiger charge is -2.14. The van der Waals surface area contributed by atoms with Gasteiger partial charge in [-0.05, 0) is 49.2 Å². The average Bonchev–Trinajstić information content (AvgIpc) is 2.95. The summed E-state index contributed by atoms with van der Waals surface area (Å²) in [5.41, 5.74) is 2.74. The second-order valence-electron chi connectivity index (χ2n) is 5.48. The van der Waals surface area contributed by atoms with Crippen LogP contribution < -0.4 is 10.6 Å². The molecular weight excluding hydrogens is 296 g/mol. The highest BCUT2D eigenvalue weighted by Crippen LogP contribution is 2.14. The van der Waals surface area contributed by atoms with E-state index in [-0.39, 0.29) is 18.9 Å². The van der Waals surface area contributed by atoms with Gasteiger partial charge in [0, 0.05) is 5.69 Å². The molecule has 0 aliphatic carbocycles. The first kappa shape index (κ1) is 16.8. The van der Waals surface area contributed by atoms with Gasteiger partial charge in [0.25, 0.3) is 0 Å². The second kappa shape index (κ2) is 7.60. The van der Waals surface area contributed by atoms with E-state index in [1.165, 1.54) is 6.26 Å². The van der Waals surface area contributed by atoms with E-state index in [0.717, 1.165) is 11.1 Å². The zero-order valence-corrected chi connectivity index (χ0v) is 13.1. The molecule has 1 aromatic carbocycles. The molecule has 6 nitrogen and oxygen atoms in total. The number of aryl methyl sites for hydroxylation is 2. The highest BCUT2D eigenvalue weighted by atomic mass is 16.4. The quantitative estimate of drug-likeness (QED) is 0.730. The van der Waals surface area contributed by atoms with E-state index in [1.54, 1.807) is 12.1 Å². The number of hydrogen-bond acceptors (Lipinski definition) is 4. The average molecular weight is 316 g/mol. The molecule has 0 fully saturated rings. The maximum Gasteiger partial charge on any atom is 0.321 e. The van der Waals surface area contributed by atoms with Crippen LogP contribution in [0.5, 0.6) is 0 Å². The molecule has 6 heteroatoms. The minimum absolute atomic E-state index is 0.164. The SMILES string of the molecule is Cc1cc(C)cc(NC(=O)CC(NCc2ccco2)C(=O)O)c1. The van der Waals surface area contributed by atoms with Gasteiger partial charge >= 0.3 is 5.97 Å². The van der Waals surface area contributed by atoms with Crippen LogP contribution >= 0.6 is 0 Å². The summed E-state index contributed by atoms with van der Waals surface area (Å²) in [7, 11) is 0. The summed E-state index contributed by atoms with van der Waals surface area (Å²) in [6, 6.07) is 8.17. The molecule has 0 aliphatic heterocycles. The van der Waals surface area contributed by atoms with Gasteiger partial charge in [-0.2, -0.15) is 0 Å². The summed E-state index contributed by atoms with van der Waals surface area (Å²) < 4.78 is 5.13. The third kappa shape index (κ3) is 5.27. The normalized spacial score (nSPS) is 11.9. The first-order valence-electron chi connectivity index (χ1n) is 7.31. The fourth-order valence-corrected chi connectivity index (χ4v) is 2.33. The predicted octanol–water partition coefficient (Wildman–Crippen LogP) is 2.47. The molecule has 122 valence electrons. The molecule has 2 rings (SSSR count). The Balaban J connectivity index is 1.93. The van der Waals surface area contributed by atoms with Crippen LogP contribution in [0.1, 0.15) is 23.3 Å². The van der Waals surface area contributed by atoms with Crippen molar-refractivity contribution in [2.75, 3.05) is 5.32 Å². The van der Waals surface area contributed by atoms with Gasteiger partial charge in [0.15, 0.2) is 0 Å². The van der Waals surface area contributed by atoms with Crippen LogP contribution in [0, 0.1) is 13.8 Å². The van der Waals surface area contributed by atoms with Gasteiger partial charge in [0.2, 0.25) is 5.91 Å².